The number of unbranched alkanes of at least 4 members (excludes halogenated alkanes) is 34. The topological polar surface area (TPSA) is 105 Å². The Morgan fingerprint density at radius 2 is 0.828 bits per heavy atom. The molecule has 0 aliphatic carbocycles. The molecule has 1 amide bonds. The first-order chi connectivity index (χ1) is 28.0. The van der Waals surface area contributed by atoms with Gasteiger partial charge in [0.1, 0.15) is 13.2 Å². The fraction of sp³-hybridized carbons (Fsp3) is 0.980. The molecule has 0 aromatic rings. The molecule has 0 spiro atoms. The SMILES string of the molecule is CCCCCCCCCCCCCCCCCCCCCCCCCCCCCCCC(=O)NC(COP(=O)(O)OCC[N+](C)(C)C)C(O)CCCCCCCCC. The number of rotatable bonds is 47. The van der Waals surface area contributed by atoms with Crippen molar-refractivity contribution in [3.63, 3.8) is 0 Å². The number of quaternary nitrogens is 1. The van der Waals surface area contributed by atoms with E-state index in [2.05, 4.69) is 19.2 Å². The van der Waals surface area contributed by atoms with Crippen LogP contribution >= 0.6 is 7.82 Å². The van der Waals surface area contributed by atoms with Gasteiger partial charge in [-0.05, 0) is 12.8 Å². The number of likely N-dealkylation sites (N-methyl/N-ethyl adjacent to an activating group) is 1. The molecule has 0 aliphatic heterocycles. The molecule has 0 rings (SSSR count). The highest BCUT2D eigenvalue weighted by atomic mass is 31.2. The van der Waals surface area contributed by atoms with Crippen molar-refractivity contribution in [2.45, 2.75) is 270 Å². The zero-order valence-corrected chi connectivity index (χ0v) is 40.5. The maximum absolute atomic E-state index is 12.9. The number of phosphoric acid groups is 1. The number of hydrogen-bond acceptors (Lipinski definition) is 5. The van der Waals surface area contributed by atoms with Crippen LogP contribution in [0.1, 0.15) is 258 Å². The quantitative estimate of drug-likeness (QED) is 0.0320. The summed E-state index contributed by atoms with van der Waals surface area (Å²) in [5.41, 5.74) is 0. The number of carbonyl (C=O) groups is 1. The summed E-state index contributed by atoms with van der Waals surface area (Å²) in [4.78, 5) is 23.1. The van der Waals surface area contributed by atoms with Crippen molar-refractivity contribution in [1.82, 2.24) is 5.32 Å². The van der Waals surface area contributed by atoms with Crippen molar-refractivity contribution in [2.24, 2.45) is 0 Å². The van der Waals surface area contributed by atoms with E-state index in [1.54, 1.807) is 0 Å². The first-order valence-electron chi connectivity index (χ1n) is 25.4. The van der Waals surface area contributed by atoms with Crippen LogP contribution in [-0.4, -0.2) is 73.4 Å². The minimum Gasteiger partial charge on any atom is -0.391 e. The molecule has 0 fully saturated rings. The number of hydrogen-bond donors (Lipinski definition) is 3. The molecule has 58 heavy (non-hydrogen) atoms. The molecule has 0 saturated heterocycles. The summed E-state index contributed by atoms with van der Waals surface area (Å²) in [6.07, 6.45) is 47.6. The van der Waals surface area contributed by atoms with E-state index in [1.165, 1.54) is 193 Å². The second kappa shape index (κ2) is 41.8. The van der Waals surface area contributed by atoms with Crippen LogP contribution in [0.2, 0.25) is 0 Å². The number of phosphoric ester groups is 1. The van der Waals surface area contributed by atoms with Gasteiger partial charge in [0.25, 0.3) is 0 Å². The van der Waals surface area contributed by atoms with Gasteiger partial charge in [0.05, 0.1) is 39.9 Å². The Kier molecular flexibility index (Phi) is 41.5. The fourth-order valence-corrected chi connectivity index (χ4v) is 8.55. The summed E-state index contributed by atoms with van der Waals surface area (Å²) in [6.45, 7) is 4.87. The summed E-state index contributed by atoms with van der Waals surface area (Å²) in [7, 11) is 1.63. The van der Waals surface area contributed by atoms with Crippen LogP contribution in [0.15, 0.2) is 0 Å². The number of nitrogens with zero attached hydrogens (tertiary/aromatic N) is 1. The van der Waals surface area contributed by atoms with E-state index < -0.39 is 20.0 Å². The van der Waals surface area contributed by atoms with Gasteiger partial charge in [-0.1, -0.05) is 239 Å². The molecule has 0 bridgehead atoms. The van der Waals surface area contributed by atoms with Crippen molar-refractivity contribution >= 4 is 13.7 Å². The van der Waals surface area contributed by atoms with Crippen molar-refractivity contribution < 1.29 is 32.9 Å². The summed E-state index contributed by atoms with van der Waals surface area (Å²) in [6, 6.07) is -0.751. The van der Waals surface area contributed by atoms with Crippen molar-refractivity contribution in [3.05, 3.63) is 0 Å². The predicted molar refractivity (Wildman–Crippen MR) is 249 cm³/mol. The van der Waals surface area contributed by atoms with Crippen LogP contribution < -0.4 is 5.32 Å². The van der Waals surface area contributed by atoms with Gasteiger partial charge in [0.2, 0.25) is 5.91 Å². The van der Waals surface area contributed by atoms with Gasteiger partial charge >= 0.3 is 7.82 Å². The van der Waals surface area contributed by atoms with Crippen LogP contribution in [0.4, 0.5) is 0 Å². The van der Waals surface area contributed by atoms with E-state index >= 15 is 0 Å². The van der Waals surface area contributed by atoms with Crippen molar-refractivity contribution in [2.75, 3.05) is 40.9 Å². The third-order valence-electron chi connectivity index (χ3n) is 11.9. The van der Waals surface area contributed by atoms with Crippen molar-refractivity contribution in [1.29, 1.82) is 0 Å². The molecule has 0 aliphatic rings. The first-order valence-corrected chi connectivity index (χ1v) is 26.9. The van der Waals surface area contributed by atoms with Gasteiger partial charge < -0.3 is 19.8 Å². The highest BCUT2D eigenvalue weighted by Gasteiger charge is 2.28. The zero-order valence-electron chi connectivity index (χ0n) is 39.6. The maximum atomic E-state index is 12.9. The summed E-state index contributed by atoms with van der Waals surface area (Å²) >= 11 is 0. The molecular formula is C49H102N2O6P+. The lowest BCUT2D eigenvalue weighted by Crippen LogP contribution is -2.46. The summed E-state index contributed by atoms with van der Waals surface area (Å²) < 4.78 is 23.5. The minimum absolute atomic E-state index is 0.0779. The molecule has 348 valence electrons. The lowest BCUT2D eigenvalue weighted by Gasteiger charge is -2.26. The van der Waals surface area contributed by atoms with Crippen LogP contribution in [0.25, 0.3) is 0 Å². The number of carbonyl (C=O) groups excluding carboxylic acids is 1. The fourth-order valence-electron chi connectivity index (χ4n) is 7.81. The molecule has 0 heterocycles. The lowest BCUT2D eigenvalue weighted by molar-refractivity contribution is -0.870. The average molecular weight is 846 g/mol. The van der Waals surface area contributed by atoms with E-state index in [-0.39, 0.29) is 19.1 Å². The molecule has 9 heteroatoms. The zero-order chi connectivity index (χ0) is 42.8. The number of aliphatic hydroxyl groups excluding tert-OH is 1. The largest absolute Gasteiger partial charge is 0.472 e. The van der Waals surface area contributed by atoms with Crippen molar-refractivity contribution in [3.8, 4) is 0 Å². The average Bonchev–Trinajstić information content (AvgIpc) is 3.17. The molecule has 3 N–H and O–H groups in total. The number of aliphatic hydroxyl groups is 1. The van der Waals surface area contributed by atoms with Gasteiger partial charge in [-0.3, -0.25) is 13.8 Å². The van der Waals surface area contributed by atoms with Gasteiger partial charge in [0, 0.05) is 6.42 Å². The predicted octanol–water partition coefficient (Wildman–Crippen LogP) is 14.5. The summed E-state index contributed by atoms with van der Waals surface area (Å²) in [5.74, 6) is -0.143. The van der Waals surface area contributed by atoms with Crippen LogP contribution in [0, 0.1) is 0 Å². The Balaban J connectivity index is 3.87. The Morgan fingerprint density at radius 3 is 1.16 bits per heavy atom. The first kappa shape index (κ1) is 57.5. The smallest absolute Gasteiger partial charge is 0.391 e. The second-order valence-corrected chi connectivity index (χ2v) is 20.4. The lowest BCUT2D eigenvalue weighted by atomic mass is 10.0. The maximum Gasteiger partial charge on any atom is 0.472 e. The highest BCUT2D eigenvalue weighted by Crippen LogP contribution is 2.43. The third kappa shape index (κ3) is 43.6. The highest BCUT2D eigenvalue weighted by molar-refractivity contribution is 7.47. The van der Waals surface area contributed by atoms with Crippen LogP contribution in [0.5, 0.6) is 0 Å². The summed E-state index contributed by atoms with van der Waals surface area (Å²) in [5, 5.41) is 13.9. The van der Waals surface area contributed by atoms with E-state index in [0.717, 1.165) is 38.5 Å². The molecule has 0 aromatic carbocycles. The van der Waals surface area contributed by atoms with Crippen LogP contribution in [-0.2, 0) is 18.4 Å². The van der Waals surface area contributed by atoms with Gasteiger partial charge in [0.15, 0.2) is 0 Å². The number of nitrogens with one attached hydrogen (secondary N) is 1. The molecule has 0 aromatic heterocycles. The number of amides is 1. The molecule has 8 nitrogen and oxygen atoms in total. The van der Waals surface area contributed by atoms with E-state index in [4.69, 9.17) is 9.05 Å². The normalized spacial score (nSPS) is 14.1. The van der Waals surface area contributed by atoms with E-state index in [0.29, 0.717) is 23.9 Å². The van der Waals surface area contributed by atoms with Gasteiger partial charge in [-0.25, -0.2) is 4.57 Å². The standard InChI is InChI=1S/C49H101N2O6P/c1-6-8-10-12-14-15-16-17-18-19-20-21-22-23-24-25-26-27-28-29-30-31-32-33-34-35-37-39-41-43-49(53)50-47(48(52)42-40-38-36-13-11-9-7-2)46-57-58(54,55)56-45-44-51(3,4)5/h47-48,52H,6-46H2,1-5H3,(H-,50,53,54,55)/p+1. The molecule has 0 radical (unpaired) electrons. The Bertz CT molecular complexity index is 916. The monoisotopic (exact) mass is 846 g/mol. The van der Waals surface area contributed by atoms with E-state index in [1.807, 2.05) is 21.1 Å². The minimum atomic E-state index is -4.30. The molecule has 3 atom stereocenters. The van der Waals surface area contributed by atoms with Gasteiger partial charge in [-0.15, -0.1) is 0 Å². The van der Waals surface area contributed by atoms with Crippen LogP contribution in [0.3, 0.4) is 0 Å². The Morgan fingerprint density at radius 1 is 0.517 bits per heavy atom. The molecule has 0 saturated carbocycles. The third-order valence-corrected chi connectivity index (χ3v) is 12.8. The molecule has 3 unspecified atom stereocenters. The van der Waals surface area contributed by atoms with Gasteiger partial charge in [-0.2, -0.15) is 0 Å². The molecular weight excluding hydrogens is 744 g/mol. The second-order valence-electron chi connectivity index (χ2n) is 18.9. The van der Waals surface area contributed by atoms with E-state index in [9.17, 15) is 19.4 Å². The Hall–Kier alpha value is -0.500. The Labute approximate surface area is 361 Å².